The maximum Gasteiger partial charge on any atom is 0.211 e. The number of carbonyl (C=O) groups excluding carboxylic acids is 1. The van der Waals surface area contributed by atoms with E-state index in [1.807, 2.05) is 24.3 Å². The molecule has 0 spiro atoms. The summed E-state index contributed by atoms with van der Waals surface area (Å²) in [5.74, 6) is 46.2. The SMILES string of the molecule is C#Cc1cc(CCCCCC)c(C#Cc2cc(CCCCCC)c(C#Cc3cc(CCCCCC)c(C#Cc4cc(CCCCCC)c(C#Cc5cc(CCCCCC)c(C#Cc6cc(CCCCCC)c(C#Cc7ccc(NC=O)cc7)s6)s5)s4)s3)s2)s1. The van der Waals surface area contributed by atoms with Gasteiger partial charge in [0.05, 0.1) is 58.5 Å². The number of carbonyl (C=O) groups is 1. The second kappa shape index (κ2) is 40.5. The Bertz CT molecular complexity index is 3780. The predicted octanol–water partition coefficient (Wildman–Crippen LogP) is 22.7. The van der Waals surface area contributed by atoms with Gasteiger partial charge in [-0.15, -0.1) is 74.4 Å². The van der Waals surface area contributed by atoms with Crippen LogP contribution >= 0.6 is 68.0 Å². The fourth-order valence-electron chi connectivity index (χ4n) is 10.6. The lowest BCUT2D eigenvalue weighted by atomic mass is 10.1. The summed E-state index contributed by atoms with van der Waals surface area (Å²) in [6.07, 6.45) is 41.6. The topological polar surface area (TPSA) is 29.1 Å². The first-order chi connectivity index (χ1) is 43.8. The van der Waals surface area contributed by atoms with E-state index in [2.05, 4.69) is 160 Å². The summed E-state index contributed by atoms with van der Waals surface area (Å²) in [4.78, 5) is 24.0. The first-order valence-electron chi connectivity index (χ1n) is 33.4. The Morgan fingerprint density at radius 1 is 0.315 bits per heavy atom. The number of nitrogens with one attached hydrogen (secondary N) is 1. The second-order valence-electron chi connectivity index (χ2n) is 23.1. The van der Waals surface area contributed by atoms with Gasteiger partial charge in [0.2, 0.25) is 6.41 Å². The van der Waals surface area contributed by atoms with Crippen LogP contribution in [0.15, 0.2) is 60.7 Å². The molecule has 8 heteroatoms. The van der Waals surface area contributed by atoms with Crippen LogP contribution in [0.1, 0.15) is 293 Å². The molecule has 462 valence electrons. The highest BCUT2D eigenvalue weighted by molar-refractivity contribution is 7.15. The van der Waals surface area contributed by atoms with Crippen molar-refractivity contribution >= 4 is 80.1 Å². The third-order valence-electron chi connectivity index (χ3n) is 15.7. The number of rotatable bonds is 32. The van der Waals surface area contributed by atoms with Gasteiger partial charge in [-0.1, -0.05) is 175 Å². The number of thiophene rings is 6. The standard InChI is InChI=1S/C81H91NOS6/c1-8-15-21-27-33-63-55-70(14-7)84-77(63)50-44-72-57-65(35-29-23-17-10-3)79(86-72)52-46-74-59-67(37-31-25-19-12-5)81(88-74)54-48-75-60-68(38-32-26-20-13-6)80(89-75)53-47-73-58-66(36-30-24-18-11-4)78(87-73)51-45-71-56-64(34-28-22-16-9-2)76(85-71)49-41-62-39-42-69(43-40-62)82-61-83/h7,39-40,42-43,55-61H,8-13,15-38H2,1-6H3,(H,82,83). The number of anilines is 1. The van der Waals surface area contributed by atoms with Gasteiger partial charge in [0.15, 0.2) is 0 Å². The van der Waals surface area contributed by atoms with Crippen molar-refractivity contribution in [3.8, 4) is 83.4 Å². The zero-order chi connectivity index (χ0) is 62.7. The maximum absolute atomic E-state index is 11.0. The van der Waals surface area contributed by atoms with Gasteiger partial charge in [-0.2, -0.15) is 0 Å². The van der Waals surface area contributed by atoms with Crippen molar-refractivity contribution in [2.24, 2.45) is 0 Å². The molecular formula is C81H91NOS6. The minimum Gasteiger partial charge on any atom is -0.329 e. The number of hydrogen-bond donors (Lipinski definition) is 1. The van der Waals surface area contributed by atoms with Crippen molar-refractivity contribution in [1.29, 1.82) is 0 Å². The molecule has 0 saturated carbocycles. The zero-order valence-electron chi connectivity index (χ0n) is 54.0. The monoisotopic (exact) mass is 1290 g/mol. The van der Waals surface area contributed by atoms with Crippen molar-refractivity contribution in [2.75, 3.05) is 5.32 Å². The molecule has 0 fully saturated rings. The molecule has 0 aliphatic rings. The Hall–Kier alpha value is -6.19. The fourth-order valence-corrected chi connectivity index (χ4v) is 16.1. The molecule has 1 aromatic carbocycles. The summed E-state index contributed by atoms with van der Waals surface area (Å²) < 4.78 is 0. The van der Waals surface area contributed by atoms with Crippen LogP contribution in [0.3, 0.4) is 0 Å². The largest absolute Gasteiger partial charge is 0.329 e. The molecule has 0 saturated heterocycles. The number of aryl methyl sites for hydroxylation is 6. The predicted molar refractivity (Wildman–Crippen MR) is 393 cm³/mol. The molecule has 0 bridgehead atoms. The molecular weight excluding hydrogens is 1200 g/mol. The molecule has 1 amide bonds. The molecule has 6 aromatic heterocycles. The molecule has 0 unspecified atom stereocenters. The number of amides is 1. The molecule has 1 N–H and O–H groups in total. The fraction of sp³-hybridized carbons (Fsp3) is 0.444. The summed E-state index contributed by atoms with van der Waals surface area (Å²) in [7, 11) is 0. The van der Waals surface area contributed by atoms with E-state index in [0.717, 1.165) is 140 Å². The Labute approximate surface area is 561 Å². The van der Waals surface area contributed by atoms with Gasteiger partial charge in [-0.05, 0) is 230 Å². The third-order valence-corrected chi connectivity index (χ3v) is 21.8. The smallest absolute Gasteiger partial charge is 0.211 e. The van der Waals surface area contributed by atoms with E-state index in [0.29, 0.717) is 6.41 Å². The molecule has 89 heavy (non-hydrogen) atoms. The summed E-state index contributed by atoms with van der Waals surface area (Å²) in [6.45, 7) is 13.6. The Morgan fingerprint density at radius 2 is 0.551 bits per heavy atom. The van der Waals surface area contributed by atoms with Crippen LogP contribution in [0.4, 0.5) is 5.69 Å². The van der Waals surface area contributed by atoms with Crippen molar-refractivity contribution < 1.29 is 4.79 Å². The van der Waals surface area contributed by atoms with Gasteiger partial charge in [-0.25, -0.2) is 0 Å². The minimum atomic E-state index is 0.697. The lowest BCUT2D eigenvalue weighted by molar-refractivity contribution is -0.105. The Kier molecular flexibility index (Phi) is 32.0. The van der Waals surface area contributed by atoms with Gasteiger partial charge in [0.25, 0.3) is 0 Å². The summed E-state index contributed by atoms with van der Waals surface area (Å²) in [5.41, 5.74) is 9.49. The number of hydrogen-bond acceptors (Lipinski definition) is 7. The van der Waals surface area contributed by atoms with Gasteiger partial charge < -0.3 is 5.32 Å². The first kappa shape index (κ1) is 70.3. The molecule has 7 aromatic rings. The molecule has 6 heterocycles. The van der Waals surface area contributed by atoms with E-state index in [-0.39, 0.29) is 0 Å². The van der Waals surface area contributed by atoms with E-state index in [9.17, 15) is 4.79 Å². The molecule has 2 nitrogen and oxygen atoms in total. The Balaban J connectivity index is 1.18. The van der Waals surface area contributed by atoms with Crippen molar-refractivity contribution in [1.82, 2.24) is 0 Å². The van der Waals surface area contributed by atoms with E-state index >= 15 is 0 Å². The van der Waals surface area contributed by atoms with Crippen LogP contribution < -0.4 is 5.32 Å². The van der Waals surface area contributed by atoms with Crippen molar-refractivity contribution in [2.45, 2.75) is 234 Å². The zero-order valence-corrected chi connectivity index (χ0v) is 58.9. The molecule has 0 aliphatic heterocycles. The summed E-state index contributed by atoms with van der Waals surface area (Å²) in [6, 6.07) is 21.4. The van der Waals surface area contributed by atoms with Crippen LogP contribution in [0.25, 0.3) is 0 Å². The average Bonchev–Trinajstić information content (AvgIpc) is 4.64. The van der Waals surface area contributed by atoms with Crippen molar-refractivity contribution in [3.63, 3.8) is 0 Å². The number of terminal acetylenes is 1. The molecule has 7 rings (SSSR count). The quantitative estimate of drug-likeness (QED) is 0.0254. The van der Waals surface area contributed by atoms with Gasteiger partial charge >= 0.3 is 0 Å². The first-order valence-corrected chi connectivity index (χ1v) is 38.3. The van der Waals surface area contributed by atoms with Gasteiger partial charge in [0.1, 0.15) is 0 Å². The highest BCUT2D eigenvalue weighted by Crippen LogP contribution is 2.31. The van der Waals surface area contributed by atoms with Crippen LogP contribution in [0, 0.1) is 83.4 Å². The van der Waals surface area contributed by atoms with Gasteiger partial charge in [-0.3, -0.25) is 4.79 Å². The number of unbranched alkanes of at least 4 members (excludes halogenated alkanes) is 18. The normalized spacial score (nSPS) is 10.5. The van der Waals surface area contributed by atoms with Crippen LogP contribution in [-0.2, 0) is 43.3 Å². The highest BCUT2D eigenvalue weighted by atomic mass is 32.1. The van der Waals surface area contributed by atoms with E-state index in [1.165, 1.54) is 155 Å². The minimum absolute atomic E-state index is 0.697. The van der Waals surface area contributed by atoms with E-state index in [4.69, 9.17) is 6.42 Å². The van der Waals surface area contributed by atoms with Crippen LogP contribution in [0.5, 0.6) is 0 Å². The van der Waals surface area contributed by atoms with Crippen LogP contribution in [-0.4, -0.2) is 6.41 Å². The lowest BCUT2D eigenvalue weighted by Crippen LogP contribution is -1.92. The summed E-state index contributed by atoms with van der Waals surface area (Å²) in [5, 5.41) is 2.71. The average molecular weight is 1290 g/mol. The Morgan fingerprint density at radius 3 is 0.787 bits per heavy atom. The highest BCUT2D eigenvalue weighted by Gasteiger charge is 2.14. The van der Waals surface area contributed by atoms with Crippen molar-refractivity contribution in [3.05, 3.63) is 158 Å². The second-order valence-corrected chi connectivity index (χ2v) is 29.5. The van der Waals surface area contributed by atoms with Crippen LogP contribution in [0.2, 0.25) is 0 Å². The van der Waals surface area contributed by atoms with E-state index in [1.54, 1.807) is 68.0 Å². The molecule has 0 aliphatic carbocycles. The summed E-state index contributed by atoms with van der Waals surface area (Å²) >= 11 is 10.3. The van der Waals surface area contributed by atoms with E-state index < -0.39 is 0 Å². The van der Waals surface area contributed by atoms with Gasteiger partial charge in [0, 0.05) is 11.3 Å². The maximum atomic E-state index is 11.0. The lowest BCUT2D eigenvalue weighted by Gasteiger charge is -1.99. The third kappa shape index (κ3) is 24.2. The molecule has 0 atom stereocenters. The number of benzene rings is 1. The molecule has 0 radical (unpaired) electrons.